The lowest BCUT2D eigenvalue weighted by atomic mass is 10.2. The second-order valence-corrected chi connectivity index (χ2v) is 1.72. The molecular formula is C6H6F2. The van der Waals surface area contributed by atoms with Crippen molar-refractivity contribution in [3.05, 3.63) is 23.8 Å². The molecule has 0 bridgehead atoms. The number of rotatable bonds is 0. The van der Waals surface area contributed by atoms with Crippen LogP contribution in [0.2, 0.25) is 0 Å². The average Bonchev–Trinajstić information content (AvgIpc) is 1.64. The fourth-order valence-electron chi connectivity index (χ4n) is 0.629. The lowest BCUT2D eigenvalue weighted by Crippen LogP contribution is -1.82. The molecule has 0 saturated carbocycles. The highest BCUT2D eigenvalue weighted by Crippen LogP contribution is 2.17. The van der Waals surface area contributed by atoms with Crippen LogP contribution in [0.1, 0.15) is 12.8 Å². The van der Waals surface area contributed by atoms with E-state index in [1.165, 1.54) is 6.08 Å². The summed E-state index contributed by atoms with van der Waals surface area (Å²) in [6.45, 7) is 0. The van der Waals surface area contributed by atoms with Crippen LogP contribution in [0.25, 0.3) is 0 Å². The van der Waals surface area contributed by atoms with Crippen molar-refractivity contribution in [1.82, 2.24) is 0 Å². The Morgan fingerprint density at radius 3 is 2.50 bits per heavy atom. The van der Waals surface area contributed by atoms with E-state index in [0.717, 1.165) is 6.08 Å². The van der Waals surface area contributed by atoms with Crippen LogP contribution >= 0.6 is 0 Å². The quantitative estimate of drug-likeness (QED) is 0.456. The van der Waals surface area contributed by atoms with Gasteiger partial charge < -0.3 is 0 Å². The van der Waals surface area contributed by atoms with Crippen LogP contribution in [0.15, 0.2) is 23.8 Å². The van der Waals surface area contributed by atoms with Crippen LogP contribution in [0.3, 0.4) is 0 Å². The van der Waals surface area contributed by atoms with Crippen LogP contribution in [0.4, 0.5) is 8.78 Å². The Bertz CT molecular complexity index is 145. The van der Waals surface area contributed by atoms with Crippen LogP contribution in [-0.4, -0.2) is 0 Å². The van der Waals surface area contributed by atoms with Crippen molar-refractivity contribution in [2.45, 2.75) is 12.8 Å². The highest BCUT2D eigenvalue weighted by atomic mass is 19.1. The zero-order chi connectivity index (χ0) is 5.98. The molecule has 0 spiro atoms. The fourth-order valence-corrected chi connectivity index (χ4v) is 0.629. The normalized spacial score (nSPS) is 19.8. The van der Waals surface area contributed by atoms with Crippen LogP contribution < -0.4 is 0 Å². The highest BCUT2D eigenvalue weighted by molar-refractivity contribution is 5.18. The SMILES string of the molecule is FC1=CCCC(F)=C1. The number of halogens is 2. The first-order chi connectivity index (χ1) is 3.79. The van der Waals surface area contributed by atoms with Gasteiger partial charge in [-0.2, -0.15) is 0 Å². The Kier molecular flexibility index (Phi) is 1.42. The largest absolute Gasteiger partial charge is 0.212 e. The molecule has 0 saturated heterocycles. The van der Waals surface area contributed by atoms with E-state index in [0.29, 0.717) is 12.8 Å². The Morgan fingerprint density at radius 1 is 1.38 bits per heavy atom. The molecule has 0 aromatic rings. The van der Waals surface area contributed by atoms with E-state index < -0.39 is 5.83 Å². The van der Waals surface area contributed by atoms with Gasteiger partial charge in [0.15, 0.2) is 0 Å². The summed E-state index contributed by atoms with van der Waals surface area (Å²) >= 11 is 0. The molecule has 0 radical (unpaired) electrons. The Hall–Kier alpha value is -0.660. The molecule has 0 fully saturated rings. The van der Waals surface area contributed by atoms with Gasteiger partial charge >= 0.3 is 0 Å². The van der Waals surface area contributed by atoms with E-state index in [9.17, 15) is 8.78 Å². The summed E-state index contributed by atoms with van der Waals surface area (Å²) in [4.78, 5) is 0. The van der Waals surface area contributed by atoms with Crippen molar-refractivity contribution in [1.29, 1.82) is 0 Å². The van der Waals surface area contributed by atoms with Crippen LogP contribution in [-0.2, 0) is 0 Å². The number of hydrogen-bond acceptors (Lipinski definition) is 0. The molecule has 0 heterocycles. The van der Waals surface area contributed by atoms with E-state index in [2.05, 4.69) is 0 Å². The highest BCUT2D eigenvalue weighted by Gasteiger charge is 2.01. The van der Waals surface area contributed by atoms with Gasteiger partial charge in [0.1, 0.15) is 11.7 Å². The minimum absolute atomic E-state index is 0.355. The summed E-state index contributed by atoms with van der Waals surface area (Å²) in [5, 5.41) is 0. The molecule has 0 aromatic carbocycles. The molecule has 0 N–H and O–H groups in total. The summed E-state index contributed by atoms with van der Waals surface area (Å²) in [5.74, 6) is -0.807. The van der Waals surface area contributed by atoms with Gasteiger partial charge in [0.05, 0.1) is 0 Å². The second-order valence-electron chi connectivity index (χ2n) is 1.72. The third-order valence-electron chi connectivity index (χ3n) is 1.02. The summed E-state index contributed by atoms with van der Waals surface area (Å²) in [6, 6.07) is 0. The molecule has 0 amide bonds. The maximum Gasteiger partial charge on any atom is 0.121 e. The van der Waals surface area contributed by atoms with Gasteiger partial charge in [0, 0.05) is 12.5 Å². The van der Waals surface area contributed by atoms with Gasteiger partial charge in [-0.15, -0.1) is 0 Å². The van der Waals surface area contributed by atoms with Gasteiger partial charge in [-0.25, -0.2) is 8.78 Å². The molecule has 1 aliphatic carbocycles. The molecule has 8 heavy (non-hydrogen) atoms. The zero-order valence-electron chi connectivity index (χ0n) is 4.32. The van der Waals surface area contributed by atoms with E-state index in [4.69, 9.17) is 0 Å². The molecule has 1 aliphatic rings. The van der Waals surface area contributed by atoms with Crippen molar-refractivity contribution in [3.8, 4) is 0 Å². The van der Waals surface area contributed by atoms with Crippen molar-refractivity contribution >= 4 is 0 Å². The first-order valence-corrected chi connectivity index (χ1v) is 2.51. The zero-order valence-corrected chi connectivity index (χ0v) is 4.32. The summed E-state index contributed by atoms with van der Waals surface area (Å²) in [7, 11) is 0. The maximum absolute atomic E-state index is 12.0. The lowest BCUT2D eigenvalue weighted by molar-refractivity contribution is 0.559. The fraction of sp³-hybridized carbons (Fsp3) is 0.333. The van der Waals surface area contributed by atoms with E-state index in [1.54, 1.807) is 0 Å². The van der Waals surface area contributed by atoms with Crippen molar-refractivity contribution in [2.75, 3.05) is 0 Å². The van der Waals surface area contributed by atoms with E-state index in [-0.39, 0.29) is 5.83 Å². The summed E-state index contributed by atoms with van der Waals surface area (Å²) in [6.07, 6.45) is 3.15. The molecule has 0 nitrogen and oxygen atoms in total. The predicted molar refractivity (Wildman–Crippen MR) is 27.6 cm³/mol. The van der Waals surface area contributed by atoms with Gasteiger partial charge in [-0.1, -0.05) is 0 Å². The van der Waals surface area contributed by atoms with E-state index in [1.807, 2.05) is 0 Å². The minimum atomic E-state index is -0.450. The smallest absolute Gasteiger partial charge is 0.121 e. The Labute approximate surface area is 46.5 Å². The minimum Gasteiger partial charge on any atom is -0.212 e. The van der Waals surface area contributed by atoms with Crippen molar-refractivity contribution in [3.63, 3.8) is 0 Å². The molecule has 0 unspecified atom stereocenters. The van der Waals surface area contributed by atoms with Crippen LogP contribution in [0.5, 0.6) is 0 Å². The topological polar surface area (TPSA) is 0 Å². The standard InChI is InChI=1S/C6H6F2/c7-5-2-1-3-6(8)4-5/h2,4H,1,3H2. The third-order valence-corrected chi connectivity index (χ3v) is 1.02. The lowest BCUT2D eigenvalue weighted by Gasteiger charge is -1.98. The average molecular weight is 116 g/mol. The molecule has 0 aromatic heterocycles. The summed E-state index contributed by atoms with van der Waals surface area (Å²) < 4.78 is 24.0. The molecule has 0 aliphatic heterocycles. The maximum atomic E-state index is 12.0. The first-order valence-electron chi connectivity index (χ1n) is 2.51. The van der Waals surface area contributed by atoms with E-state index >= 15 is 0 Å². The number of hydrogen-bond donors (Lipinski definition) is 0. The molecular weight excluding hydrogens is 110 g/mol. The number of allylic oxidation sites excluding steroid dienone is 4. The molecule has 44 valence electrons. The second kappa shape index (κ2) is 2.07. The predicted octanol–water partition coefficient (Wildman–Crippen LogP) is 2.49. The van der Waals surface area contributed by atoms with Crippen LogP contribution in [0, 0.1) is 0 Å². The monoisotopic (exact) mass is 116 g/mol. The Morgan fingerprint density at radius 2 is 2.12 bits per heavy atom. The van der Waals surface area contributed by atoms with Crippen molar-refractivity contribution < 1.29 is 8.78 Å². The molecule has 2 heteroatoms. The van der Waals surface area contributed by atoms with Gasteiger partial charge in [0.25, 0.3) is 0 Å². The van der Waals surface area contributed by atoms with Gasteiger partial charge in [-0.3, -0.25) is 0 Å². The van der Waals surface area contributed by atoms with Crippen molar-refractivity contribution in [2.24, 2.45) is 0 Å². The third kappa shape index (κ3) is 1.15. The first kappa shape index (κ1) is 5.48. The van der Waals surface area contributed by atoms with Gasteiger partial charge in [-0.05, 0) is 12.5 Å². The molecule has 1 rings (SSSR count). The Balaban J connectivity index is 2.69. The summed E-state index contributed by atoms with van der Waals surface area (Å²) in [5.41, 5.74) is 0. The van der Waals surface area contributed by atoms with Gasteiger partial charge in [0.2, 0.25) is 0 Å². The molecule has 0 atom stereocenters.